The highest BCUT2D eigenvalue weighted by atomic mass is 35.5. The predicted molar refractivity (Wildman–Crippen MR) is 70.6 cm³/mol. The van der Waals surface area contributed by atoms with E-state index in [0.717, 1.165) is 12.0 Å². The van der Waals surface area contributed by atoms with Crippen LogP contribution in [0.2, 0.25) is 5.02 Å². The van der Waals surface area contributed by atoms with E-state index >= 15 is 0 Å². The summed E-state index contributed by atoms with van der Waals surface area (Å²) in [6.45, 7) is 4.84. The molecular formula is C13H20ClNO2. The number of benzene rings is 1. The molecule has 0 saturated carbocycles. The molecule has 1 aromatic rings. The molecule has 4 heteroatoms. The zero-order chi connectivity index (χ0) is 12.9. The number of hydrogen-bond donors (Lipinski definition) is 2. The molecule has 0 radical (unpaired) electrons. The van der Waals surface area contributed by atoms with Crippen molar-refractivity contribution in [2.24, 2.45) is 0 Å². The molecule has 0 heterocycles. The van der Waals surface area contributed by atoms with Gasteiger partial charge in [-0.15, -0.1) is 0 Å². The van der Waals surface area contributed by atoms with Crippen LogP contribution in [0.5, 0.6) is 5.75 Å². The van der Waals surface area contributed by atoms with Gasteiger partial charge in [-0.3, -0.25) is 0 Å². The molecule has 0 aliphatic carbocycles. The van der Waals surface area contributed by atoms with E-state index in [-0.39, 0.29) is 12.1 Å². The van der Waals surface area contributed by atoms with Gasteiger partial charge in [-0.2, -0.15) is 0 Å². The second kappa shape index (κ2) is 6.24. The zero-order valence-electron chi connectivity index (χ0n) is 10.6. The topological polar surface area (TPSA) is 41.5 Å². The summed E-state index contributed by atoms with van der Waals surface area (Å²) in [6.07, 6.45) is 0.868. The van der Waals surface area contributed by atoms with Gasteiger partial charge in [0.2, 0.25) is 0 Å². The fourth-order valence-electron chi connectivity index (χ4n) is 1.43. The first-order valence-electron chi connectivity index (χ1n) is 5.73. The summed E-state index contributed by atoms with van der Waals surface area (Å²) >= 11 is 6.05. The zero-order valence-corrected chi connectivity index (χ0v) is 11.3. The van der Waals surface area contributed by atoms with Crippen LogP contribution in [0, 0.1) is 0 Å². The van der Waals surface area contributed by atoms with Crippen molar-refractivity contribution in [2.45, 2.75) is 32.4 Å². The lowest BCUT2D eigenvalue weighted by molar-refractivity contribution is 0.169. The van der Waals surface area contributed by atoms with Gasteiger partial charge in [0.05, 0.1) is 18.7 Å². The Balaban J connectivity index is 2.67. The van der Waals surface area contributed by atoms with Gasteiger partial charge in [0.1, 0.15) is 5.75 Å². The molecule has 17 heavy (non-hydrogen) atoms. The van der Waals surface area contributed by atoms with Crippen LogP contribution in [0.1, 0.15) is 25.8 Å². The Bertz CT molecular complexity index is 364. The van der Waals surface area contributed by atoms with Gasteiger partial charge in [-0.05, 0) is 31.0 Å². The van der Waals surface area contributed by atoms with E-state index in [4.69, 9.17) is 16.3 Å². The fraction of sp³-hybridized carbons (Fsp3) is 0.538. The molecule has 0 amide bonds. The van der Waals surface area contributed by atoms with E-state index in [9.17, 15) is 5.11 Å². The Morgan fingerprint density at radius 3 is 2.65 bits per heavy atom. The van der Waals surface area contributed by atoms with E-state index in [1.807, 2.05) is 32.0 Å². The van der Waals surface area contributed by atoms with Crippen molar-refractivity contribution in [3.63, 3.8) is 0 Å². The maximum Gasteiger partial charge on any atom is 0.137 e. The number of halogens is 1. The van der Waals surface area contributed by atoms with E-state index in [1.54, 1.807) is 7.11 Å². The molecular weight excluding hydrogens is 238 g/mol. The average Bonchev–Trinajstić information content (AvgIpc) is 2.36. The molecule has 0 saturated heterocycles. The van der Waals surface area contributed by atoms with Crippen LogP contribution >= 0.6 is 11.6 Å². The first-order chi connectivity index (χ1) is 8.04. The highest BCUT2D eigenvalue weighted by molar-refractivity contribution is 6.32. The fourth-order valence-corrected chi connectivity index (χ4v) is 1.71. The largest absolute Gasteiger partial charge is 0.495 e. The van der Waals surface area contributed by atoms with Crippen molar-refractivity contribution < 1.29 is 9.84 Å². The third-order valence-corrected chi connectivity index (χ3v) is 3.36. The highest BCUT2D eigenvalue weighted by Crippen LogP contribution is 2.25. The van der Waals surface area contributed by atoms with Gasteiger partial charge < -0.3 is 15.2 Å². The SMILES string of the molecule is CCC(C)(CO)NCc1ccc(OC)c(Cl)c1. The molecule has 3 nitrogen and oxygen atoms in total. The van der Waals surface area contributed by atoms with Gasteiger partial charge in [0, 0.05) is 12.1 Å². The smallest absolute Gasteiger partial charge is 0.137 e. The number of ether oxygens (including phenoxy) is 1. The molecule has 0 bridgehead atoms. The van der Waals surface area contributed by atoms with Crippen molar-refractivity contribution in [2.75, 3.05) is 13.7 Å². The van der Waals surface area contributed by atoms with Crippen LogP contribution in [-0.2, 0) is 6.54 Å². The van der Waals surface area contributed by atoms with E-state index in [2.05, 4.69) is 5.32 Å². The Hall–Kier alpha value is -0.770. The van der Waals surface area contributed by atoms with Gasteiger partial charge >= 0.3 is 0 Å². The van der Waals surface area contributed by atoms with E-state index in [0.29, 0.717) is 17.3 Å². The Morgan fingerprint density at radius 1 is 1.47 bits per heavy atom. The molecule has 0 aromatic heterocycles. The van der Waals surface area contributed by atoms with E-state index in [1.165, 1.54) is 0 Å². The van der Waals surface area contributed by atoms with Crippen molar-refractivity contribution in [3.05, 3.63) is 28.8 Å². The Kier molecular flexibility index (Phi) is 5.25. The van der Waals surface area contributed by atoms with Crippen LogP contribution in [-0.4, -0.2) is 24.4 Å². The lowest BCUT2D eigenvalue weighted by Gasteiger charge is -2.27. The molecule has 0 fully saturated rings. The normalized spacial score (nSPS) is 14.4. The highest BCUT2D eigenvalue weighted by Gasteiger charge is 2.19. The molecule has 1 atom stereocenters. The van der Waals surface area contributed by atoms with Crippen molar-refractivity contribution in [3.8, 4) is 5.75 Å². The van der Waals surface area contributed by atoms with Crippen LogP contribution in [0.3, 0.4) is 0 Å². The summed E-state index contributed by atoms with van der Waals surface area (Å²) in [5.74, 6) is 0.677. The lowest BCUT2D eigenvalue weighted by Crippen LogP contribution is -2.44. The third kappa shape index (κ3) is 3.87. The molecule has 96 valence electrons. The second-order valence-corrected chi connectivity index (χ2v) is 4.80. The summed E-state index contributed by atoms with van der Waals surface area (Å²) in [4.78, 5) is 0. The molecule has 0 aliphatic rings. The minimum Gasteiger partial charge on any atom is -0.495 e. The van der Waals surface area contributed by atoms with Crippen LogP contribution in [0.25, 0.3) is 0 Å². The summed E-state index contributed by atoms with van der Waals surface area (Å²) < 4.78 is 5.10. The van der Waals surface area contributed by atoms with Crippen molar-refractivity contribution >= 4 is 11.6 Å². The van der Waals surface area contributed by atoms with Crippen molar-refractivity contribution in [1.82, 2.24) is 5.32 Å². The molecule has 2 N–H and O–H groups in total. The lowest BCUT2D eigenvalue weighted by atomic mass is 10.00. The molecule has 0 aliphatic heterocycles. The maximum atomic E-state index is 9.29. The van der Waals surface area contributed by atoms with Gasteiger partial charge in [-0.25, -0.2) is 0 Å². The summed E-state index contributed by atoms with van der Waals surface area (Å²) in [7, 11) is 1.60. The van der Waals surface area contributed by atoms with Gasteiger partial charge in [-0.1, -0.05) is 24.6 Å². The molecule has 1 aromatic carbocycles. The number of hydrogen-bond acceptors (Lipinski definition) is 3. The standard InChI is InChI=1S/C13H20ClNO2/c1-4-13(2,9-16)15-8-10-5-6-12(17-3)11(14)7-10/h5-7,15-16H,4,8-9H2,1-3H3. The van der Waals surface area contributed by atoms with Crippen LogP contribution in [0.15, 0.2) is 18.2 Å². The van der Waals surface area contributed by atoms with Crippen LogP contribution < -0.4 is 10.1 Å². The number of aliphatic hydroxyl groups is 1. The first kappa shape index (κ1) is 14.3. The minimum absolute atomic E-state index is 0.118. The molecule has 1 unspecified atom stereocenters. The first-order valence-corrected chi connectivity index (χ1v) is 6.10. The summed E-state index contributed by atoms with van der Waals surface area (Å²) in [5, 5.41) is 13.2. The molecule has 1 rings (SSSR count). The van der Waals surface area contributed by atoms with E-state index < -0.39 is 0 Å². The third-order valence-electron chi connectivity index (χ3n) is 3.06. The summed E-state index contributed by atoms with van der Waals surface area (Å²) in [6, 6.07) is 5.69. The maximum absolute atomic E-state index is 9.29. The number of methoxy groups -OCH3 is 1. The monoisotopic (exact) mass is 257 g/mol. The molecule has 0 spiro atoms. The Morgan fingerprint density at radius 2 is 2.18 bits per heavy atom. The summed E-state index contributed by atoms with van der Waals surface area (Å²) in [5.41, 5.74) is 0.829. The van der Waals surface area contributed by atoms with Crippen molar-refractivity contribution in [1.29, 1.82) is 0 Å². The number of aliphatic hydroxyl groups excluding tert-OH is 1. The average molecular weight is 258 g/mol. The minimum atomic E-state index is -0.244. The number of nitrogens with one attached hydrogen (secondary N) is 1. The van der Waals surface area contributed by atoms with Crippen LogP contribution in [0.4, 0.5) is 0 Å². The Labute approximate surface area is 108 Å². The number of rotatable bonds is 6. The van der Waals surface area contributed by atoms with Gasteiger partial charge in [0.15, 0.2) is 0 Å². The second-order valence-electron chi connectivity index (χ2n) is 4.39. The predicted octanol–water partition coefficient (Wildman–Crippen LogP) is 2.60. The van der Waals surface area contributed by atoms with Gasteiger partial charge in [0.25, 0.3) is 0 Å². The quantitative estimate of drug-likeness (QED) is 0.823.